The number of nitrogens with zero attached hydrogens (tertiary/aromatic N) is 1. The number of anilines is 1. The molecule has 100 valence electrons. The molecule has 18 heavy (non-hydrogen) atoms. The zero-order valence-corrected chi connectivity index (χ0v) is 11.4. The molecule has 1 saturated heterocycles. The summed E-state index contributed by atoms with van der Waals surface area (Å²) in [6, 6.07) is 8.76. The lowest BCUT2D eigenvalue weighted by molar-refractivity contribution is 0.260. The second kappa shape index (κ2) is 6.21. The normalized spacial score (nSPS) is 21.1. The van der Waals surface area contributed by atoms with Gasteiger partial charge in [-0.1, -0.05) is 32.0 Å². The van der Waals surface area contributed by atoms with E-state index in [0.717, 1.165) is 26.1 Å². The molecule has 1 heterocycles. The van der Waals surface area contributed by atoms with Gasteiger partial charge in [-0.3, -0.25) is 0 Å². The highest BCUT2D eigenvalue weighted by Gasteiger charge is 2.22. The second-order valence-electron chi connectivity index (χ2n) is 5.30. The zero-order chi connectivity index (χ0) is 13.0. The first kappa shape index (κ1) is 13.4. The molecular formula is C15H24N2O. The number of aliphatic hydroxyl groups is 1. The number of benzene rings is 1. The van der Waals surface area contributed by atoms with Crippen molar-refractivity contribution in [1.29, 1.82) is 0 Å². The molecular weight excluding hydrogens is 224 g/mol. The topological polar surface area (TPSA) is 35.5 Å². The quantitative estimate of drug-likeness (QED) is 0.858. The lowest BCUT2D eigenvalue weighted by Crippen LogP contribution is -2.43. The van der Waals surface area contributed by atoms with Gasteiger partial charge in [0.15, 0.2) is 0 Å². The highest BCUT2D eigenvalue weighted by Crippen LogP contribution is 2.29. The maximum Gasteiger partial charge on any atom is 0.0647 e. The average molecular weight is 248 g/mol. The Morgan fingerprint density at radius 1 is 1.39 bits per heavy atom. The van der Waals surface area contributed by atoms with Gasteiger partial charge in [0.05, 0.1) is 12.6 Å². The molecule has 3 heteroatoms. The van der Waals surface area contributed by atoms with Crippen LogP contribution in [0.25, 0.3) is 0 Å². The molecule has 0 aliphatic carbocycles. The highest BCUT2D eigenvalue weighted by atomic mass is 16.3. The Kier molecular flexibility index (Phi) is 4.61. The van der Waals surface area contributed by atoms with Crippen molar-refractivity contribution in [3.63, 3.8) is 0 Å². The monoisotopic (exact) mass is 248 g/mol. The molecule has 1 fully saturated rings. The fourth-order valence-corrected chi connectivity index (χ4v) is 2.65. The summed E-state index contributed by atoms with van der Waals surface area (Å²) < 4.78 is 0. The Bertz CT molecular complexity index is 379. The summed E-state index contributed by atoms with van der Waals surface area (Å²) in [6.45, 7) is 7.58. The van der Waals surface area contributed by atoms with Crippen LogP contribution in [-0.2, 0) is 0 Å². The van der Waals surface area contributed by atoms with E-state index in [-0.39, 0.29) is 12.6 Å². The summed E-state index contributed by atoms with van der Waals surface area (Å²) in [4.78, 5) is 2.37. The summed E-state index contributed by atoms with van der Waals surface area (Å²) in [6.07, 6.45) is 1.13. The minimum Gasteiger partial charge on any atom is -0.394 e. The van der Waals surface area contributed by atoms with Gasteiger partial charge >= 0.3 is 0 Å². The van der Waals surface area contributed by atoms with Crippen molar-refractivity contribution in [2.75, 3.05) is 31.1 Å². The van der Waals surface area contributed by atoms with Crippen LogP contribution in [0, 0.1) is 0 Å². The van der Waals surface area contributed by atoms with E-state index in [0.29, 0.717) is 5.92 Å². The fourth-order valence-electron chi connectivity index (χ4n) is 2.65. The summed E-state index contributed by atoms with van der Waals surface area (Å²) in [7, 11) is 0. The van der Waals surface area contributed by atoms with Crippen molar-refractivity contribution in [3.05, 3.63) is 29.8 Å². The number of para-hydroxylation sites is 1. The van der Waals surface area contributed by atoms with Crippen LogP contribution in [0.15, 0.2) is 24.3 Å². The molecule has 0 aromatic heterocycles. The molecule has 1 aliphatic heterocycles. The molecule has 1 atom stereocenters. The Balaban J connectivity index is 2.32. The third kappa shape index (κ3) is 2.85. The Hall–Kier alpha value is -1.06. The van der Waals surface area contributed by atoms with E-state index in [1.165, 1.54) is 11.3 Å². The van der Waals surface area contributed by atoms with Crippen molar-refractivity contribution in [3.8, 4) is 0 Å². The molecule has 0 radical (unpaired) electrons. The molecule has 1 aliphatic rings. The summed E-state index contributed by atoms with van der Waals surface area (Å²) >= 11 is 0. The number of nitrogens with one attached hydrogen (secondary N) is 1. The number of aliphatic hydroxyl groups excluding tert-OH is 1. The van der Waals surface area contributed by atoms with Crippen LogP contribution in [0.2, 0.25) is 0 Å². The molecule has 1 unspecified atom stereocenters. The predicted octanol–water partition coefficient (Wildman–Crippen LogP) is 1.97. The third-order valence-electron chi connectivity index (χ3n) is 3.65. The van der Waals surface area contributed by atoms with E-state index in [2.05, 4.69) is 48.3 Å². The number of hydrogen-bond acceptors (Lipinski definition) is 3. The molecule has 1 aromatic carbocycles. The van der Waals surface area contributed by atoms with Gasteiger partial charge in [-0.15, -0.1) is 0 Å². The first-order chi connectivity index (χ1) is 8.74. The van der Waals surface area contributed by atoms with E-state index in [9.17, 15) is 5.11 Å². The molecule has 0 bridgehead atoms. The van der Waals surface area contributed by atoms with Crippen molar-refractivity contribution >= 4 is 5.69 Å². The van der Waals surface area contributed by atoms with Gasteiger partial charge in [-0.05, 0) is 30.5 Å². The van der Waals surface area contributed by atoms with Gasteiger partial charge in [0.1, 0.15) is 0 Å². The van der Waals surface area contributed by atoms with Gasteiger partial charge < -0.3 is 15.3 Å². The summed E-state index contributed by atoms with van der Waals surface area (Å²) in [5.74, 6) is 0.511. The summed E-state index contributed by atoms with van der Waals surface area (Å²) in [5, 5.41) is 13.0. The van der Waals surface area contributed by atoms with Crippen molar-refractivity contribution in [2.24, 2.45) is 0 Å². The third-order valence-corrected chi connectivity index (χ3v) is 3.65. The SMILES string of the molecule is CC(C)c1ccccc1N1CCCNCC1CO. The molecule has 3 nitrogen and oxygen atoms in total. The van der Waals surface area contributed by atoms with Crippen molar-refractivity contribution < 1.29 is 5.11 Å². The van der Waals surface area contributed by atoms with Crippen LogP contribution in [0.1, 0.15) is 31.7 Å². The zero-order valence-electron chi connectivity index (χ0n) is 11.4. The van der Waals surface area contributed by atoms with Gasteiger partial charge in [0.25, 0.3) is 0 Å². The largest absolute Gasteiger partial charge is 0.394 e. The molecule has 0 spiro atoms. The minimum atomic E-state index is 0.187. The first-order valence-corrected chi connectivity index (χ1v) is 6.91. The Morgan fingerprint density at radius 3 is 2.89 bits per heavy atom. The van der Waals surface area contributed by atoms with E-state index in [1.54, 1.807) is 0 Å². The van der Waals surface area contributed by atoms with Gasteiger partial charge in [0, 0.05) is 18.8 Å². The summed E-state index contributed by atoms with van der Waals surface area (Å²) in [5.41, 5.74) is 2.66. The van der Waals surface area contributed by atoms with E-state index in [4.69, 9.17) is 0 Å². The molecule has 2 N–H and O–H groups in total. The van der Waals surface area contributed by atoms with Crippen LogP contribution in [-0.4, -0.2) is 37.4 Å². The first-order valence-electron chi connectivity index (χ1n) is 6.91. The molecule has 2 rings (SSSR count). The lowest BCUT2D eigenvalue weighted by atomic mass is 9.99. The fraction of sp³-hybridized carbons (Fsp3) is 0.600. The lowest BCUT2D eigenvalue weighted by Gasteiger charge is -2.33. The van der Waals surface area contributed by atoms with Gasteiger partial charge in [-0.25, -0.2) is 0 Å². The molecule has 0 saturated carbocycles. The maximum absolute atomic E-state index is 9.60. The van der Waals surface area contributed by atoms with E-state index in [1.807, 2.05) is 0 Å². The number of hydrogen-bond donors (Lipinski definition) is 2. The number of rotatable bonds is 3. The standard InChI is InChI=1S/C15H24N2O/c1-12(2)14-6-3-4-7-15(14)17-9-5-8-16-10-13(17)11-18/h3-4,6-7,12-13,16,18H,5,8-11H2,1-2H3. The molecule has 0 amide bonds. The Labute approximate surface area is 110 Å². The Morgan fingerprint density at radius 2 is 2.17 bits per heavy atom. The van der Waals surface area contributed by atoms with Gasteiger partial charge in [-0.2, -0.15) is 0 Å². The molecule has 1 aromatic rings. The van der Waals surface area contributed by atoms with Gasteiger partial charge in [0.2, 0.25) is 0 Å². The van der Waals surface area contributed by atoms with Crippen LogP contribution in [0.4, 0.5) is 5.69 Å². The average Bonchev–Trinajstić information content (AvgIpc) is 2.63. The minimum absolute atomic E-state index is 0.187. The van der Waals surface area contributed by atoms with Crippen LogP contribution < -0.4 is 10.2 Å². The van der Waals surface area contributed by atoms with Crippen LogP contribution >= 0.6 is 0 Å². The highest BCUT2D eigenvalue weighted by molar-refractivity contribution is 5.56. The van der Waals surface area contributed by atoms with Crippen LogP contribution in [0.3, 0.4) is 0 Å². The predicted molar refractivity (Wildman–Crippen MR) is 76.2 cm³/mol. The van der Waals surface area contributed by atoms with E-state index >= 15 is 0 Å². The van der Waals surface area contributed by atoms with E-state index < -0.39 is 0 Å². The maximum atomic E-state index is 9.60. The van der Waals surface area contributed by atoms with Crippen molar-refractivity contribution in [1.82, 2.24) is 5.32 Å². The second-order valence-corrected chi connectivity index (χ2v) is 5.30. The smallest absolute Gasteiger partial charge is 0.0647 e. The van der Waals surface area contributed by atoms with Crippen LogP contribution in [0.5, 0.6) is 0 Å². The van der Waals surface area contributed by atoms with Crippen molar-refractivity contribution in [2.45, 2.75) is 32.2 Å².